The van der Waals surface area contributed by atoms with Gasteiger partial charge in [0.1, 0.15) is 24.2 Å². The third kappa shape index (κ3) is 3.52. The maximum Gasteiger partial charge on any atom is 0.114 e. The van der Waals surface area contributed by atoms with E-state index in [9.17, 15) is 0 Å². The van der Waals surface area contributed by atoms with Gasteiger partial charge in [0.25, 0.3) is 0 Å². The van der Waals surface area contributed by atoms with Gasteiger partial charge >= 0.3 is 0 Å². The maximum absolute atomic E-state index is 2.58. The highest BCUT2D eigenvalue weighted by Crippen LogP contribution is 2.38. The largest absolute Gasteiger partial charge is 0.114 e. The Morgan fingerprint density at radius 1 is 0.289 bits per heavy atom. The molecule has 0 saturated heterocycles. The van der Waals surface area contributed by atoms with Gasteiger partial charge in [-0.2, -0.15) is 0 Å². The van der Waals surface area contributed by atoms with Crippen molar-refractivity contribution in [1.29, 1.82) is 0 Å². The van der Waals surface area contributed by atoms with Crippen molar-refractivity contribution >= 4 is 55.3 Å². The van der Waals surface area contributed by atoms with Crippen molar-refractivity contribution in [2.24, 2.45) is 0 Å². The first-order valence-corrected chi connectivity index (χ1v) is 25.4. The molecule has 3 aliphatic rings. The Morgan fingerprint density at radius 3 is 1.09 bits per heavy atom. The Kier molecular flexibility index (Phi) is 5.48. The highest BCUT2D eigenvalue weighted by molar-refractivity contribution is 7.06. The molecule has 3 heterocycles. The summed E-state index contributed by atoms with van der Waals surface area (Å²) in [5.74, 6) is 0. The molecule has 0 saturated carbocycles. The molecule has 0 N–H and O–H groups in total. The molecule has 0 fully saturated rings. The zero-order valence-electron chi connectivity index (χ0n) is 27.0. The van der Waals surface area contributed by atoms with Crippen LogP contribution in [0, 0.1) is 0 Å². The smallest absolute Gasteiger partial charge is 0.0623 e. The maximum atomic E-state index is 2.58. The molecule has 0 amide bonds. The van der Waals surface area contributed by atoms with Crippen molar-refractivity contribution in [3.63, 3.8) is 0 Å². The lowest BCUT2D eigenvalue weighted by molar-refractivity contribution is 1.64. The van der Waals surface area contributed by atoms with Crippen LogP contribution in [-0.2, 0) is 0 Å². The third-order valence-electron chi connectivity index (χ3n) is 11.5. The van der Waals surface area contributed by atoms with E-state index in [1.165, 1.54) is 55.6 Å². The molecule has 0 unspecified atom stereocenters. The Labute approximate surface area is 270 Å². The molecule has 6 aromatic carbocycles. The first-order chi connectivity index (χ1) is 21.6. The Bertz CT molecular complexity index is 2090. The normalized spacial score (nSPS) is 16.8. The van der Waals surface area contributed by atoms with E-state index < -0.39 is 24.2 Å². The fraction of sp³-hybridized carbons (Fsp3) is 0.143. The van der Waals surface area contributed by atoms with Crippen LogP contribution in [0.15, 0.2) is 121 Å². The zero-order chi connectivity index (χ0) is 30.9. The molecule has 6 aromatic rings. The van der Waals surface area contributed by atoms with Gasteiger partial charge in [0.15, 0.2) is 0 Å². The van der Waals surface area contributed by atoms with E-state index in [0.717, 1.165) is 0 Å². The summed E-state index contributed by atoms with van der Waals surface area (Å²) in [6.45, 7) is 15.3. The molecular formula is C42H38Si3. The average molecular weight is 627 g/mol. The number of hydrogen-bond donors (Lipinski definition) is 0. The Morgan fingerprint density at radius 2 is 0.644 bits per heavy atom. The van der Waals surface area contributed by atoms with Crippen LogP contribution in [0.4, 0.5) is 0 Å². The topological polar surface area (TPSA) is 0 Å². The van der Waals surface area contributed by atoms with Crippen LogP contribution < -0.4 is 31.1 Å². The summed E-state index contributed by atoms with van der Waals surface area (Å²) in [6, 6.07) is 47.1. The lowest BCUT2D eigenvalue weighted by Gasteiger charge is -2.24. The molecule has 0 aromatic heterocycles. The predicted octanol–water partition coefficient (Wildman–Crippen LogP) is 7.43. The molecule has 218 valence electrons. The summed E-state index contributed by atoms with van der Waals surface area (Å²) in [7, 11) is -5.55. The number of hydrogen-bond acceptors (Lipinski definition) is 0. The second kappa shape index (κ2) is 9.03. The minimum absolute atomic E-state index is 1.39. The molecule has 3 heteroatoms. The molecule has 0 aliphatic carbocycles. The summed E-state index contributed by atoms with van der Waals surface area (Å²) >= 11 is 0. The highest BCUT2D eigenvalue weighted by atomic mass is 28.3. The minimum Gasteiger partial charge on any atom is -0.0623 e. The van der Waals surface area contributed by atoms with E-state index in [2.05, 4.69) is 161 Å². The molecule has 0 atom stereocenters. The van der Waals surface area contributed by atoms with E-state index in [-0.39, 0.29) is 0 Å². The molecule has 0 radical (unpaired) electrons. The highest BCUT2D eigenvalue weighted by Gasteiger charge is 2.42. The molecule has 9 rings (SSSR count). The van der Waals surface area contributed by atoms with Crippen molar-refractivity contribution in [3.8, 4) is 55.6 Å². The second-order valence-electron chi connectivity index (χ2n) is 14.9. The first kappa shape index (κ1) is 27.3. The number of benzene rings is 6. The van der Waals surface area contributed by atoms with E-state index in [0.29, 0.717) is 0 Å². The van der Waals surface area contributed by atoms with Gasteiger partial charge in [0.2, 0.25) is 0 Å². The molecule has 45 heavy (non-hydrogen) atoms. The molecule has 0 nitrogen and oxygen atoms in total. The van der Waals surface area contributed by atoms with Crippen LogP contribution in [-0.4, -0.2) is 24.2 Å². The van der Waals surface area contributed by atoms with Crippen molar-refractivity contribution in [1.82, 2.24) is 0 Å². The lowest BCUT2D eigenvalue weighted by Crippen LogP contribution is -2.51. The van der Waals surface area contributed by atoms with E-state index in [1.54, 1.807) is 31.1 Å². The summed E-state index contributed by atoms with van der Waals surface area (Å²) in [6.07, 6.45) is 0. The predicted molar refractivity (Wildman–Crippen MR) is 204 cm³/mol. The van der Waals surface area contributed by atoms with Gasteiger partial charge in [0, 0.05) is 0 Å². The van der Waals surface area contributed by atoms with Crippen LogP contribution in [0.25, 0.3) is 55.6 Å². The van der Waals surface area contributed by atoms with Gasteiger partial charge < -0.3 is 0 Å². The molecule has 0 bridgehead atoms. The van der Waals surface area contributed by atoms with E-state index >= 15 is 0 Å². The quantitative estimate of drug-likeness (QED) is 0.175. The van der Waals surface area contributed by atoms with Gasteiger partial charge in [-0.05, 0) is 86.8 Å². The fourth-order valence-electron chi connectivity index (χ4n) is 9.25. The molecule has 0 spiro atoms. The Balaban J connectivity index is 1.17. The van der Waals surface area contributed by atoms with Crippen molar-refractivity contribution in [2.45, 2.75) is 39.3 Å². The van der Waals surface area contributed by atoms with Gasteiger partial charge in [0.05, 0.1) is 0 Å². The molecule has 3 aliphatic heterocycles. The second-order valence-corrected chi connectivity index (χ2v) is 27.8. The van der Waals surface area contributed by atoms with E-state index in [1.807, 2.05) is 0 Å². The van der Waals surface area contributed by atoms with Crippen LogP contribution in [0.3, 0.4) is 0 Å². The van der Waals surface area contributed by atoms with Crippen molar-refractivity contribution in [2.75, 3.05) is 0 Å². The Hall–Kier alpha value is -4.03. The SMILES string of the molecule is C[Si]1(C)c2cc(-c3cccc4c3[Si](C)(C)c3ccccc3-4)ccc2-c2ccc(-c3cccc4c3[Si](C)(C)c3ccccc3-4)cc21. The first-order valence-electron chi connectivity index (χ1n) is 16.4. The summed E-state index contributed by atoms with van der Waals surface area (Å²) in [5, 5.41) is 9.53. The minimum atomic E-state index is -1.94. The molecular weight excluding hydrogens is 589 g/mol. The number of rotatable bonds is 2. The van der Waals surface area contributed by atoms with Gasteiger partial charge in [-0.3, -0.25) is 0 Å². The van der Waals surface area contributed by atoms with Crippen LogP contribution in [0.2, 0.25) is 39.3 Å². The van der Waals surface area contributed by atoms with Crippen LogP contribution in [0.1, 0.15) is 0 Å². The summed E-state index contributed by atoms with van der Waals surface area (Å²) in [5.41, 5.74) is 14.4. The van der Waals surface area contributed by atoms with Gasteiger partial charge in [-0.25, -0.2) is 0 Å². The third-order valence-corrected chi connectivity index (χ3v) is 22.1. The van der Waals surface area contributed by atoms with Gasteiger partial charge in [-0.15, -0.1) is 0 Å². The van der Waals surface area contributed by atoms with E-state index in [4.69, 9.17) is 0 Å². The van der Waals surface area contributed by atoms with Crippen LogP contribution >= 0.6 is 0 Å². The van der Waals surface area contributed by atoms with Gasteiger partial charge in [-0.1, -0.05) is 161 Å². The van der Waals surface area contributed by atoms with Crippen LogP contribution in [0.5, 0.6) is 0 Å². The number of fused-ring (bicyclic) bond motifs is 9. The summed E-state index contributed by atoms with van der Waals surface area (Å²) in [4.78, 5) is 0. The standard InChI is InChI=1S/C42H38Si3/c1-43(2)39-25-27(29-15-11-17-35-31-13-7-9-19-37(31)44(3,4)41(29)35)21-23-33(39)34-24-22-28(26-40(34)43)30-16-12-18-36-32-14-8-10-20-38(32)45(5,6)42(30)36/h7-26H,1-6H3. The fourth-order valence-corrected chi connectivity index (χ4v) is 19.3. The lowest BCUT2D eigenvalue weighted by atomic mass is 9.95. The van der Waals surface area contributed by atoms with Crippen molar-refractivity contribution < 1.29 is 0 Å². The monoisotopic (exact) mass is 626 g/mol. The summed E-state index contributed by atoms with van der Waals surface area (Å²) < 4.78 is 0. The zero-order valence-corrected chi connectivity index (χ0v) is 30.0. The van der Waals surface area contributed by atoms with Crippen molar-refractivity contribution in [3.05, 3.63) is 121 Å². The average Bonchev–Trinajstić information content (AvgIpc) is 3.54.